The Morgan fingerprint density at radius 2 is 2.21 bits per heavy atom. The molecule has 0 heterocycles. The van der Waals surface area contributed by atoms with E-state index >= 15 is 0 Å². The average molecular weight is 194 g/mol. The van der Waals surface area contributed by atoms with Crippen LogP contribution in [0.25, 0.3) is 0 Å². The topological polar surface area (TPSA) is 17.1 Å². The fraction of sp³-hybridized carbons (Fsp3) is 0.769. The van der Waals surface area contributed by atoms with E-state index in [1.165, 1.54) is 19.3 Å². The van der Waals surface area contributed by atoms with Crippen molar-refractivity contribution in [2.75, 3.05) is 0 Å². The standard InChI is InChI=1S/C13H22O/c1-10(2)13-7-6-12(5-4-8-14)11(3)9-13/h8,10,13H,4-7,9H2,1-3H3. The van der Waals surface area contributed by atoms with Crippen molar-refractivity contribution < 1.29 is 4.79 Å². The molecule has 0 amide bonds. The highest BCUT2D eigenvalue weighted by molar-refractivity contribution is 5.50. The summed E-state index contributed by atoms with van der Waals surface area (Å²) in [6.45, 7) is 6.87. The third-order valence-electron chi connectivity index (χ3n) is 3.50. The van der Waals surface area contributed by atoms with Crippen LogP contribution in [-0.2, 0) is 4.79 Å². The molecule has 0 aromatic heterocycles. The van der Waals surface area contributed by atoms with Crippen LogP contribution in [0, 0.1) is 11.8 Å². The number of allylic oxidation sites excluding steroid dienone is 2. The van der Waals surface area contributed by atoms with E-state index in [-0.39, 0.29) is 0 Å². The zero-order chi connectivity index (χ0) is 10.6. The molecule has 0 aliphatic heterocycles. The molecule has 0 fully saturated rings. The van der Waals surface area contributed by atoms with E-state index in [2.05, 4.69) is 20.8 Å². The maximum absolute atomic E-state index is 10.3. The van der Waals surface area contributed by atoms with E-state index in [1.54, 1.807) is 11.1 Å². The van der Waals surface area contributed by atoms with Gasteiger partial charge in [0.15, 0.2) is 0 Å². The molecule has 1 rings (SSSR count). The highest BCUT2D eigenvalue weighted by Gasteiger charge is 2.20. The molecule has 1 atom stereocenters. The molecule has 0 aromatic rings. The van der Waals surface area contributed by atoms with Gasteiger partial charge >= 0.3 is 0 Å². The molecule has 0 bridgehead atoms. The van der Waals surface area contributed by atoms with Crippen molar-refractivity contribution >= 4 is 6.29 Å². The molecule has 0 N–H and O–H groups in total. The summed E-state index contributed by atoms with van der Waals surface area (Å²) in [4.78, 5) is 10.3. The van der Waals surface area contributed by atoms with Gasteiger partial charge in [-0.3, -0.25) is 0 Å². The minimum atomic E-state index is 0.707. The lowest BCUT2D eigenvalue weighted by atomic mass is 9.78. The van der Waals surface area contributed by atoms with Gasteiger partial charge in [0.25, 0.3) is 0 Å². The summed E-state index contributed by atoms with van der Waals surface area (Å²) in [5, 5.41) is 0. The summed E-state index contributed by atoms with van der Waals surface area (Å²) >= 11 is 0. The highest BCUT2D eigenvalue weighted by Crippen LogP contribution is 2.35. The molecule has 1 heteroatoms. The summed E-state index contributed by atoms with van der Waals surface area (Å²) < 4.78 is 0. The van der Waals surface area contributed by atoms with E-state index < -0.39 is 0 Å². The number of hydrogen-bond acceptors (Lipinski definition) is 1. The molecular formula is C13H22O. The van der Waals surface area contributed by atoms with Crippen LogP contribution in [0.4, 0.5) is 0 Å². The Balaban J connectivity index is 2.53. The van der Waals surface area contributed by atoms with E-state index in [4.69, 9.17) is 0 Å². The molecule has 0 radical (unpaired) electrons. The van der Waals surface area contributed by atoms with Gasteiger partial charge in [0, 0.05) is 6.42 Å². The van der Waals surface area contributed by atoms with Crippen LogP contribution in [0.1, 0.15) is 52.9 Å². The van der Waals surface area contributed by atoms with Crippen LogP contribution < -0.4 is 0 Å². The monoisotopic (exact) mass is 194 g/mol. The summed E-state index contributed by atoms with van der Waals surface area (Å²) in [6.07, 6.45) is 6.55. The number of carbonyl (C=O) groups excluding carboxylic acids is 1. The SMILES string of the molecule is CC1=C(CCC=O)CCC(C(C)C)C1. The fourth-order valence-electron chi connectivity index (χ4n) is 2.35. The van der Waals surface area contributed by atoms with Crippen LogP contribution in [0.15, 0.2) is 11.1 Å². The first-order chi connectivity index (χ1) is 6.65. The van der Waals surface area contributed by atoms with Crippen molar-refractivity contribution in [1.82, 2.24) is 0 Å². The molecular weight excluding hydrogens is 172 g/mol. The molecule has 0 aromatic carbocycles. The second-order valence-electron chi connectivity index (χ2n) is 4.84. The minimum absolute atomic E-state index is 0.707. The fourth-order valence-corrected chi connectivity index (χ4v) is 2.35. The molecule has 1 aliphatic carbocycles. The quantitative estimate of drug-likeness (QED) is 0.492. The zero-order valence-electron chi connectivity index (χ0n) is 9.68. The van der Waals surface area contributed by atoms with Crippen LogP contribution in [-0.4, -0.2) is 6.29 Å². The first-order valence-electron chi connectivity index (χ1n) is 5.76. The summed E-state index contributed by atoms with van der Waals surface area (Å²) in [5.74, 6) is 1.67. The summed E-state index contributed by atoms with van der Waals surface area (Å²) in [6, 6.07) is 0. The van der Waals surface area contributed by atoms with Gasteiger partial charge in [0.2, 0.25) is 0 Å². The van der Waals surface area contributed by atoms with Crippen LogP contribution >= 0.6 is 0 Å². The second-order valence-corrected chi connectivity index (χ2v) is 4.84. The second kappa shape index (κ2) is 5.33. The average Bonchev–Trinajstić information content (AvgIpc) is 2.15. The normalized spacial score (nSPS) is 23.0. The Kier molecular flexibility index (Phi) is 4.37. The number of aldehydes is 1. The van der Waals surface area contributed by atoms with Gasteiger partial charge < -0.3 is 4.79 Å². The first-order valence-corrected chi connectivity index (χ1v) is 5.76. The van der Waals surface area contributed by atoms with Gasteiger partial charge in [-0.25, -0.2) is 0 Å². The van der Waals surface area contributed by atoms with Gasteiger partial charge in [0.1, 0.15) is 6.29 Å². The largest absolute Gasteiger partial charge is 0.303 e. The molecule has 0 saturated heterocycles. The molecule has 1 unspecified atom stereocenters. The van der Waals surface area contributed by atoms with E-state index in [0.29, 0.717) is 6.42 Å². The van der Waals surface area contributed by atoms with Crippen LogP contribution in [0.3, 0.4) is 0 Å². The first kappa shape index (κ1) is 11.5. The minimum Gasteiger partial charge on any atom is -0.303 e. The maximum Gasteiger partial charge on any atom is 0.120 e. The van der Waals surface area contributed by atoms with Crippen molar-refractivity contribution in [2.24, 2.45) is 11.8 Å². The van der Waals surface area contributed by atoms with E-state index in [1.807, 2.05) is 0 Å². The lowest BCUT2D eigenvalue weighted by Crippen LogP contribution is -2.14. The molecule has 80 valence electrons. The van der Waals surface area contributed by atoms with Gasteiger partial charge in [-0.15, -0.1) is 0 Å². The van der Waals surface area contributed by atoms with E-state index in [0.717, 1.165) is 24.5 Å². The van der Waals surface area contributed by atoms with Gasteiger partial charge in [-0.2, -0.15) is 0 Å². The van der Waals surface area contributed by atoms with Gasteiger partial charge in [-0.05, 0) is 44.4 Å². The number of hydrogen-bond donors (Lipinski definition) is 0. The Hall–Kier alpha value is -0.590. The molecule has 14 heavy (non-hydrogen) atoms. The van der Waals surface area contributed by atoms with Crippen LogP contribution in [0.5, 0.6) is 0 Å². The van der Waals surface area contributed by atoms with Crippen molar-refractivity contribution in [1.29, 1.82) is 0 Å². The van der Waals surface area contributed by atoms with E-state index in [9.17, 15) is 4.79 Å². The Morgan fingerprint density at radius 3 is 2.71 bits per heavy atom. The molecule has 0 saturated carbocycles. The van der Waals surface area contributed by atoms with Crippen molar-refractivity contribution in [3.63, 3.8) is 0 Å². The molecule has 1 aliphatic rings. The number of carbonyl (C=O) groups is 1. The molecule has 1 nitrogen and oxygen atoms in total. The summed E-state index contributed by atoms with van der Waals surface area (Å²) in [5.41, 5.74) is 3.10. The number of rotatable bonds is 4. The predicted octanol–water partition coefficient (Wildman–Crippen LogP) is 3.74. The Morgan fingerprint density at radius 1 is 1.50 bits per heavy atom. The van der Waals surface area contributed by atoms with Crippen LogP contribution in [0.2, 0.25) is 0 Å². The Labute approximate surface area is 87.6 Å². The summed E-state index contributed by atoms with van der Waals surface area (Å²) in [7, 11) is 0. The van der Waals surface area contributed by atoms with Crippen molar-refractivity contribution in [3.05, 3.63) is 11.1 Å². The smallest absolute Gasteiger partial charge is 0.120 e. The lowest BCUT2D eigenvalue weighted by Gasteiger charge is -2.28. The van der Waals surface area contributed by atoms with Crippen molar-refractivity contribution in [3.8, 4) is 0 Å². The maximum atomic E-state index is 10.3. The zero-order valence-corrected chi connectivity index (χ0v) is 9.68. The molecule has 0 spiro atoms. The lowest BCUT2D eigenvalue weighted by molar-refractivity contribution is -0.107. The third-order valence-corrected chi connectivity index (χ3v) is 3.50. The Bertz CT molecular complexity index is 225. The predicted molar refractivity (Wildman–Crippen MR) is 60.2 cm³/mol. The third kappa shape index (κ3) is 2.97. The van der Waals surface area contributed by atoms with Gasteiger partial charge in [0.05, 0.1) is 0 Å². The van der Waals surface area contributed by atoms with Crippen molar-refractivity contribution in [2.45, 2.75) is 52.9 Å². The van der Waals surface area contributed by atoms with Gasteiger partial charge in [-0.1, -0.05) is 25.0 Å². The highest BCUT2D eigenvalue weighted by atomic mass is 16.1.